The van der Waals surface area contributed by atoms with Gasteiger partial charge < -0.3 is 9.64 Å². The molecule has 0 saturated carbocycles. The molecule has 0 spiro atoms. The van der Waals surface area contributed by atoms with E-state index in [-0.39, 0.29) is 23.7 Å². The molecule has 3 heterocycles. The van der Waals surface area contributed by atoms with Crippen molar-refractivity contribution < 1.29 is 14.3 Å². The quantitative estimate of drug-likeness (QED) is 0.727. The van der Waals surface area contributed by atoms with Crippen LogP contribution in [0.15, 0.2) is 6.20 Å². The van der Waals surface area contributed by atoms with Crippen molar-refractivity contribution in [3.63, 3.8) is 0 Å². The third kappa shape index (κ3) is 4.66. The summed E-state index contributed by atoms with van der Waals surface area (Å²) < 4.78 is 6.43. The highest BCUT2D eigenvalue weighted by atomic mass is 16.5. The lowest BCUT2D eigenvalue weighted by Gasteiger charge is -2.30. The number of hydrogen-bond donors (Lipinski definition) is 0. The lowest BCUT2D eigenvalue weighted by atomic mass is 10.1. The van der Waals surface area contributed by atoms with E-state index in [0.29, 0.717) is 12.3 Å². The van der Waals surface area contributed by atoms with Crippen LogP contribution in [0.2, 0.25) is 0 Å². The monoisotopic (exact) mass is 377 g/mol. The normalized spacial score (nSPS) is 24.2. The molecule has 1 aromatic rings. The Labute approximate surface area is 160 Å². The molecular formula is C19H31N5O3. The highest BCUT2D eigenvalue weighted by Gasteiger charge is 2.40. The number of esters is 1. The van der Waals surface area contributed by atoms with Gasteiger partial charge in [-0.15, -0.1) is 5.10 Å². The average Bonchev–Trinajstić information content (AvgIpc) is 3.19. The van der Waals surface area contributed by atoms with E-state index in [1.54, 1.807) is 10.9 Å². The van der Waals surface area contributed by atoms with Crippen LogP contribution >= 0.6 is 0 Å². The number of rotatable bonds is 5. The van der Waals surface area contributed by atoms with Crippen LogP contribution in [-0.2, 0) is 9.53 Å². The Morgan fingerprint density at radius 1 is 1.22 bits per heavy atom. The lowest BCUT2D eigenvalue weighted by Crippen LogP contribution is -2.46. The van der Waals surface area contributed by atoms with Crippen molar-refractivity contribution in [3.05, 3.63) is 11.9 Å². The fourth-order valence-electron chi connectivity index (χ4n) is 4.15. The zero-order valence-electron chi connectivity index (χ0n) is 16.6. The predicted octanol–water partition coefficient (Wildman–Crippen LogP) is 1.74. The number of likely N-dealkylation sites (tertiary alicyclic amines) is 2. The highest BCUT2D eigenvalue weighted by Crippen LogP contribution is 2.29. The minimum absolute atomic E-state index is 0.0376. The molecule has 27 heavy (non-hydrogen) atoms. The Morgan fingerprint density at radius 2 is 1.93 bits per heavy atom. The number of carbonyl (C=O) groups excluding carboxylic acids is 2. The molecule has 8 heteroatoms. The van der Waals surface area contributed by atoms with Gasteiger partial charge >= 0.3 is 5.97 Å². The fraction of sp³-hybridized carbons (Fsp3) is 0.789. The first kappa shape index (κ1) is 19.8. The first-order valence-corrected chi connectivity index (χ1v) is 10.0. The smallest absolute Gasteiger partial charge is 0.360 e. The van der Waals surface area contributed by atoms with Gasteiger partial charge in [0.05, 0.1) is 25.4 Å². The van der Waals surface area contributed by atoms with Gasteiger partial charge in [0.1, 0.15) is 0 Å². The second kappa shape index (κ2) is 8.82. The Balaban J connectivity index is 1.74. The number of aromatic nitrogens is 3. The van der Waals surface area contributed by atoms with E-state index >= 15 is 0 Å². The number of hydrogen-bond acceptors (Lipinski definition) is 6. The molecule has 3 rings (SSSR count). The lowest BCUT2D eigenvalue weighted by molar-refractivity contribution is -0.136. The van der Waals surface area contributed by atoms with Crippen LogP contribution in [0.1, 0.15) is 62.5 Å². The summed E-state index contributed by atoms with van der Waals surface area (Å²) in [5.74, 6) is 0.230. The van der Waals surface area contributed by atoms with Crippen molar-refractivity contribution in [2.75, 3.05) is 33.3 Å². The van der Waals surface area contributed by atoms with E-state index in [4.69, 9.17) is 4.74 Å². The SMILES string of the molecule is COC(=O)c1cn([C@H]2C[C@@H](C(=O)N3CCCCCC3)N(CC(C)C)C2)nn1. The summed E-state index contributed by atoms with van der Waals surface area (Å²) in [6, 6.07) is -0.0862. The molecule has 2 aliphatic rings. The number of ether oxygens (including phenoxy) is 1. The zero-order chi connectivity index (χ0) is 19.4. The Morgan fingerprint density at radius 3 is 2.56 bits per heavy atom. The van der Waals surface area contributed by atoms with E-state index < -0.39 is 5.97 Å². The van der Waals surface area contributed by atoms with Crippen LogP contribution < -0.4 is 0 Å². The molecule has 0 unspecified atom stereocenters. The summed E-state index contributed by atoms with van der Waals surface area (Å²) in [5.41, 5.74) is 0.204. The number of carbonyl (C=O) groups is 2. The van der Waals surface area contributed by atoms with Crippen molar-refractivity contribution in [2.45, 2.75) is 58.0 Å². The van der Waals surface area contributed by atoms with Gasteiger partial charge in [0.15, 0.2) is 5.69 Å². The van der Waals surface area contributed by atoms with Gasteiger partial charge in [-0.05, 0) is 25.2 Å². The third-order valence-electron chi connectivity index (χ3n) is 5.46. The predicted molar refractivity (Wildman–Crippen MR) is 100 cm³/mol. The molecule has 8 nitrogen and oxygen atoms in total. The van der Waals surface area contributed by atoms with Crippen molar-refractivity contribution >= 4 is 11.9 Å². The second-order valence-corrected chi connectivity index (χ2v) is 8.07. The second-order valence-electron chi connectivity index (χ2n) is 8.07. The topological polar surface area (TPSA) is 80.6 Å². The van der Waals surface area contributed by atoms with Crippen molar-refractivity contribution in [3.8, 4) is 0 Å². The molecule has 2 aliphatic heterocycles. The Bertz CT molecular complexity index is 652. The van der Waals surface area contributed by atoms with E-state index in [1.807, 2.05) is 0 Å². The summed E-state index contributed by atoms with van der Waals surface area (Å²) in [5, 5.41) is 8.03. The molecule has 2 fully saturated rings. The molecule has 150 valence electrons. The van der Waals surface area contributed by atoms with Crippen LogP contribution in [-0.4, -0.2) is 76.0 Å². The highest BCUT2D eigenvalue weighted by molar-refractivity contribution is 5.86. The van der Waals surface area contributed by atoms with Gasteiger partial charge in [-0.1, -0.05) is 31.9 Å². The largest absolute Gasteiger partial charge is 0.464 e. The fourth-order valence-corrected chi connectivity index (χ4v) is 4.15. The van der Waals surface area contributed by atoms with Crippen LogP contribution in [0, 0.1) is 5.92 Å². The van der Waals surface area contributed by atoms with Crippen LogP contribution in [0.25, 0.3) is 0 Å². The van der Waals surface area contributed by atoms with Crippen LogP contribution in [0.5, 0.6) is 0 Å². The molecule has 2 atom stereocenters. The Hall–Kier alpha value is -1.96. The van der Waals surface area contributed by atoms with Crippen molar-refractivity contribution in [1.29, 1.82) is 0 Å². The summed E-state index contributed by atoms with van der Waals surface area (Å²) in [4.78, 5) is 29.2. The summed E-state index contributed by atoms with van der Waals surface area (Å²) in [7, 11) is 1.33. The maximum Gasteiger partial charge on any atom is 0.360 e. The Kier molecular flexibility index (Phi) is 6.46. The van der Waals surface area contributed by atoms with Gasteiger partial charge in [-0.3, -0.25) is 9.69 Å². The number of amides is 1. The molecule has 0 bridgehead atoms. The van der Waals surface area contributed by atoms with Gasteiger partial charge in [0.2, 0.25) is 5.91 Å². The standard InChI is InChI=1S/C19H31N5O3/c1-14(2)11-23-12-15(24-13-16(20-21-24)19(26)27-3)10-17(23)18(25)22-8-6-4-5-7-9-22/h13-15,17H,4-12H2,1-3H3/t15-,17-/m0/s1. The molecule has 1 aromatic heterocycles. The first-order valence-electron chi connectivity index (χ1n) is 10.0. The molecule has 0 radical (unpaired) electrons. The number of methoxy groups -OCH3 is 1. The molecule has 0 aliphatic carbocycles. The van der Waals surface area contributed by atoms with E-state index in [9.17, 15) is 9.59 Å². The summed E-state index contributed by atoms with van der Waals surface area (Å²) in [6.07, 6.45) is 6.94. The molecule has 1 amide bonds. The van der Waals surface area contributed by atoms with E-state index in [1.165, 1.54) is 20.0 Å². The van der Waals surface area contributed by atoms with Gasteiger partial charge in [-0.2, -0.15) is 0 Å². The molecule has 2 saturated heterocycles. The molecular weight excluding hydrogens is 346 g/mol. The minimum atomic E-state index is -0.490. The van der Waals surface area contributed by atoms with E-state index in [2.05, 4.69) is 34.0 Å². The van der Waals surface area contributed by atoms with Gasteiger partial charge in [0.25, 0.3) is 0 Å². The van der Waals surface area contributed by atoms with Gasteiger partial charge in [-0.25, -0.2) is 9.48 Å². The maximum atomic E-state index is 13.2. The zero-order valence-corrected chi connectivity index (χ0v) is 16.6. The van der Waals surface area contributed by atoms with Gasteiger partial charge in [0, 0.05) is 26.2 Å². The minimum Gasteiger partial charge on any atom is -0.464 e. The van der Waals surface area contributed by atoms with Crippen molar-refractivity contribution in [1.82, 2.24) is 24.8 Å². The summed E-state index contributed by atoms with van der Waals surface area (Å²) in [6.45, 7) is 7.69. The maximum absolute atomic E-state index is 13.2. The van der Waals surface area contributed by atoms with Crippen LogP contribution in [0.4, 0.5) is 0 Å². The van der Waals surface area contributed by atoms with E-state index in [0.717, 1.165) is 39.0 Å². The summed E-state index contributed by atoms with van der Waals surface area (Å²) >= 11 is 0. The first-order chi connectivity index (χ1) is 13.0. The number of nitrogens with zero attached hydrogens (tertiary/aromatic N) is 5. The van der Waals surface area contributed by atoms with Crippen LogP contribution in [0.3, 0.4) is 0 Å². The molecule has 0 N–H and O–H groups in total. The molecule has 0 aromatic carbocycles. The third-order valence-corrected chi connectivity index (χ3v) is 5.46. The average molecular weight is 377 g/mol. The van der Waals surface area contributed by atoms with Crippen molar-refractivity contribution in [2.24, 2.45) is 5.92 Å².